The number of morpholine rings is 1. The largest absolute Gasteiger partial charge is 0.481 e. The van der Waals surface area contributed by atoms with E-state index in [0.29, 0.717) is 42.7 Å². The van der Waals surface area contributed by atoms with Gasteiger partial charge in [-0.2, -0.15) is 10.1 Å². The topological polar surface area (TPSA) is 94.5 Å². The number of amides is 1. The molecule has 2 heterocycles. The molecular weight excluding hydrogens is 444 g/mol. The molecular formula is C24H25ClN4O4. The lowest BCUT2D eigenvalue weighted by atomic mass is 10.0. The second-order valence-electron chi connectivity index (χ2n) is 7.77. The van der Waals surface area contributed by atoms with Crippen LogP contribution in [0, 0.1) is 0 Å². The number of rotatable bonds is 8. The number of halogens is 1. The minimum atomic E-state index is -1.06. The first-order valence-corrected chi connectivity index (χ1v) is 11.1. The average Bonchev–Trinajstić information content (AvgIpc) is 3.13. The SMILES string of the molecule is O=C(O)CC1=NN(c2ccccc2Cl)C(=O)/C1=C(/CN1CCOCC1)NCc1ccccc1. The smallest absolute Gasteiger partial charge is 0.309 e. The summed E-state index contributed by atoms with van der Waals surface area (Å²) in [5.74, 6) is -1.46. The highest BCUT2D eigenvalue weighted by Crippen LogP contribution is 2.31. The molecule has 2 aliphatic rings. The van der Waals surface area contributed by atoms with Crippen LogP contribution in [0.3, 0.4) is 0 Å². The molecule has 2 aliphatic heterocycles. The minimum absolute atomic E-state index is 0.205. The second-order valence-corrected chi connectivity index (χ2v) is 8.17. The molecule has 33 heavy (non-hydrogen) atoms. The third-order valence-corrected chi connectivity index (χ3v) is 5.77. The monoisotopic (exact) mass is 468 g/mol. The summed E-state index contributed by atoms with van der Waals surface area (Å²) >= 11 is 6.31. The Morgan fingerprint density at radius 3 is 2.48 bits per heavy atom. The molecule has 9 heteroatoms. The van der Waals surface area contributed by atoms with E-state index in [1.165, 1.54) is 5.01 Å². The van der Waals surface area contributed by atoms with Gasteiger partial charge in [0.05, 0.1) is 41.6 Å². The Labute approximate surface area is 197 Å². The molecule has 2 aromatic carbocycles. The quantitative estimate of drug-likeness (QED) is 0.578. The molecule has 2 aromatic rings. The van der Waals surface area contributed by atoms with Crippen LogP contribution in [0.15, 0.2) is 71.0 Å². The Kier molecular flexibility index (Phi) is 7.39. The normalized spacial score (nSPS) is 18.3. The summed E-state index contributed by atoms with van der Waals surface area (Å²) in [6.45, 7) is 3.60. The number of ether oxygens (including phenoxy) is 1. The van der Waals surface area contributed by atoms with E-state index in [0.717, 1.165) is 18.7 Å². The lowest BCUT2D eigenvalue weighted by molar-refractivity contribution is -0.135. The predicted octanol–water partition coefficient (Wildman–Crippen LogP) is 2.89. The van der Waals surface area contributed by atoms with Crippen molar-refractivity contribution in [3.05, 3.63) is 76.5 Å². The van der Waals surface area contributed by atoms with Crippen LogP contribution in [-0.4, -0.2) is 60.4 Å². The highest BCUT2D eigenvalue weighted by molar-refractivity contribution is 6.37. The van der Waals surface area contributed by atoms with Crippen LogP contribution >= 0.6 is 11.6 Å². The maximum atomic E-state index is 13.6. The van der Waals surface area contributed by atoms with Crippen LogP contribution in [0.5, 0.6) is 0 Å². The predicted molar refractivity (Wildman–Crippen MR) is 126 cm³/mol. The van der Waals surface area contributed by atoms with Gasteiger partial charge in [-0.25, -0.2) is 0 Å². The molecule has 1 amide bonds. The fraction of sp³-hybridized carbons (Fsp3) is 0.292. The number of carboxylic acids is 1. The summed E-state index contributed by atoms with van der Waals surface area (Å²) in [5, 5.41) is 18.8. The maximum Gasteiger partial charge on any atom is 0.309 e. The van der Waals surface area contributed by atoms with E-state index in [9.17, 15) is 14.7 Å². The fourth-order valence-corrected chi connectivity index (χ4v) is 4.03. The van der Waals surface area contributed by atoms with E-state index < -0.39 is 11.9 Å². The molecule has 1 saturated heterocycles. The van der Waals surface area contributed by atoms with Gasteiger partial charge in [0.15, 0.2) is 0 Å². The third kappa shape index (κ3) is 5.60. The van der Waals surface area contributed by atoms with Crippen LogP contribution in [0.1, 0.15) is 12.0 Å². The van der Waals surface area contributed by atoms with Gasteiger partial charge in [-0.1, -0.05) is 54.1 Å². The van der Waals surface area contributed by atoms with Gasteiger partial charge in [0.25, 0.3) is 5.91 Å². The van der Waals surface area contributed by atoms with Crippen molar-refractivity contribution in [2.24, 2.45) is 5.10 Å². The summed E-state index contributed by atoms with van der Waals surface area (Å²) in [7, 11) is 0. The lowest BCUT2D eigenvalue weighted by Gasteiger charge is -2.28. The van der Waals surface area contributed by atoms with Crippen LogP contribution in [-0.2, 0) is 20.9 Å². The van der Waals surface area contributed by atoms with Crippen molar-refractivity contribution in [2.45, 2.75) is 13.0 Å². The van der Waals surface area contributed by atoms with E-state index >= 15 is 0 Å². The van der Waals surface area contributed by atoms with E-state index in [4.69, 9.17) is 16.3 Å². The molecule has 0 bridgehead atoms. The van der Waals surface area contributed by atoms with Gasteiger partial charge in [0.1, 0.15) is 0 Å². The van der Waals surface area contributed by atoms with Gasteiger partial charge in [-0.3, -0.25) is 14.5 Å². The Balaban J connectivity index is 1.72. The summed E-state index contributed by atoms with van der Waals surface area (Å²) < 4.78 is 5.45. The molecule has 0 aromatic heterocycles. The summed E-state index contributed by atoms with van der Waals surface area (Å²) in [4.78, 5) is 27.3. The first-order chi connectivity index (χ1) is 16.0. The van der Waals surface area contributed by atoms with Crippen molar-refractivity contribution in [1.82, 2.24) is 10.2 Å². The van der Waals surface area contributed by atoms with Crippen molar-refractivity contribution in [3.63, 3.8) is 0 Å². The number of hydrazone groups is 1. The van der Waals surface area contributed by atoms with Crippen molar-refractivity contribution >= 4 is 34.9 Å². The van der Waals surface area contributed by atoms with Crippen molar-refractivity contribution in [2.75, 3.05) is 37.9 Å². The zero-order valence-corrected chi connectivity index (χ0v) is 18.8. The number of hydrogen-bond acceptors (Lipinski definition) is 6. The molecule has 8 nitrogen and oxygen atoms in total. The first kappa shape index (κ1) is 23.0. The summed E-state index contributed by atoms with van der Waals surface area (Å²) in [5.41, 5.74) is 2.58. The Hall–Kier alpha value is -3.20. The Morgan fingerprint density at radius 2 is 1.79 bits per heavy atom. The number of hydrogen-bond donors (Lipinski definition) is 2. The molecule has 0 atom stereocenters. The maximum absolute atomic E-state index is 13.6. The van der Waals surface area contributed by atoms with Crippen molar-refractivity contribution in [1.29, 1.82) is 0 Å². The molecule has 1 fully saturated rings. The second kappa shape index (κ2) is 10.6. The number of nitrogens with one attached hydrogen (secondary N) is 1. The van der Waals surface area contributed by atoms with Crippen molar-refractivity contribution < 1.29 is 19.4 Å². The highest BCUT2D eigenvalue weighted by Gasteiger charge is 2.36. The Morgan fingerprint density at radius 1 is 1.09 bits per heavy atom. The molecule has 0 aliphatic carbocycles. The first-order valence-electron chi connectivity index (χ1n) is 10.7. The van der Waals surface area contributed by atoms with Gasteiger partial charge >= 0.3 is 5.97 Å². The molecule has 172 valence electrons. The van der Waals surface area contributed by atoms with Gasteiger partial charge < -0.3 is 15.2 Å². The standard InChI is InChI=1S/C24H25ClN4O4/c25-18-8-4-5-9-21(18)29-24(32)23(19(27-29)14-22(30)31)20(16-28-10-12-33-13-11-28)26-15-17-6-2-1-3-7-17/h1-9,26H,10-16H2,(H,30,31)/b23-20-. The van der Waals surface area contributed by atoms with Gasteiger partial charge in [0.2, 0.25) is 0 Å². The van der Waals surface area contributed by atoms with Gasteiger partial charge in [-0.15, -0.1) is 0 Å². The number of para-hydroxylation sites is 1. The zero-order chi connectivity index (χ0) is 23.2. The van der Waals surface area contributed by atoms with Crippen LogP contribution < -0.4 is 10.3 Å². The number of nitrogens with zero attached hydrogens (tertiary/aromatic N) is 3. The molecule has 2 N–H and O–H groups in total. The van der Waals surface area contributed by atoms with Crippen LogP contribution in [0.25, 0.3) is 0 Å². The number of aliphatic carboxylic acids is 1. The van der Waals surface area contributed by atoms with Crippen molar-refractivity contribution in [3.8, 4) is 0 Å². The van der Waals surface area contributed by atoms with Crippen LogP contribution in [0.2, 0.25) is 5.02 Å². The number of carbonyl (C=O) groups excluding carboxylic acids is 1. The molecule has 0 saturated carbocycles. The van der Waals surface area contributed by atoms with E-state index in [-0.39, 0.29) is 17.7 Å². The van der Waals surface area contributed by atoms with E-state index in [1.54, 1.807) is 24.3 Å². The van der Waals surface area contributed by atoms with E-state index in [2.05, 4.69) is 15.3 Å². The van der Waals surface area contributed by atoms with Crippen LogP contribution in [0.4, 0.5) is 5.69 Å². The third-order valence-electron chi connectivity index (χ3n) is 5.45. The lowest BCUT2D eigenvalue weighted by Crippen LogP contribution is -2.40. The molecule has 0 radical (unpaired) electrons. The summed E-state index contributed by atoms with van der Waals surface area (Å²) in [6.07, 6.45) is -0.373. The van der Waals surface area contributed by atoms with Gasteiger partial charge in [0, 0.05) is 31.9 Å². The number of carboxylic acid groups (broad SMARTS) is 1. The molecule has 0 unspecified atom stereocenters. The highest BCUT2D eigenvalue weighted by atomic mass is 35.5. The Bertz CT molecular complexity index is 1080. The number of anilines is 1. The summed E-state index contributed by atoms with van der Waals surface area (Å²) in [6, 6.07) is 16.7. The average molecular weight is 469 g/mol. The zero-order valence-electron chi connectivity index (χ0n) is 18.0. The number of carbonyl (C=O) groups is 2. The molecule has 0 spiro atoms. The molecule has 4 rings (SSSR count). The minimum Gasteiger partial charge on any atom is -0.481 e. The number of benzene rings is 2. The fourth-order valence-electron chi connectivity index (χ4n) is 3.81. The van der Waals surface area contributed by atoms with Gasteiger partial charge in [-0.05, 0) is 17.7 Å². The van der Waals surface area contributed by atoms with E-state index in [1.807, 2.05) is 30.3 Å².